The minimum absolute atomic E-state index is 0.754. The number of hydrogen-bond donors (Lipinski definition) is 0. The summed E-state index contributed by atoms with van der Waals surface area (Å²) >= 11 is 0. The lowest BCUT2D eigenvalue weighted by atomic mass is 10.1. The van der Waals surface area contributed by atoms with Gasteiger partial charge in [0, 0.05) is 25.7 Å². The fourth-order valence-electron chi connectivity index (χ4n) is 5.16. The fraction of sp³-hybridized carbons (Fsp3) is 0.750. The molecule has 0 N–H and O–H groups in total. The van der Waals surface area contributed by atoms with Gasteiger partial charge in [-0.25, -0.2) is 0 Å². The van der Waals surface area contributed by atoms with Crippen LogP contribution < -0.4 is 4.74 Å². The topological polar surface area (TPSA) is 19.0 Å². The molecule has 4 nitrogen and oxygen atoms in total. The number of likely N-dealkylation sites (tertiary alicyclic amines) is 3. The number of rotatable bonds is 9. The minimum Gasteiger partial charge on any atom is -0.494 e. The van der Waals surface area contributed by atoms with Crippen LogP contribution in [0.3, 0.4) is 0 Å². The summed E-state index contributed by atoms with van der Waals surface area (Å²) in [7, 11) is 0. The van der Waals surface area contributed by atoms with Crippen LogP contribution in [-0.2, 0) is 6.54 Å². The van der Waals surface area contributed by atoms with Crippen LogP contribution in [0.15, 0.2) is 24.3 Å². The van der Waals surface area contributed by atoms with E-state index in [4.69, 9.17) is 4.74 Å². The van der Waals surface area contributed by atoms with Crippen molar-refractivity contribution < 1.29 is 4.74 Å². The average Bonchev–Trinajstić information content (AvgIpc) is 3.40. The van der Waals surface area contributed by atoms with Gasteiger partial charge in [-0.05, 0) is 95.4 Å². The van der Waals surface area contributed by atoms with E-state index in [0.717, 1.165) is 31.4 Å². The molecule has 0 spiro atoms. The third kappa shape index (κ3) is 5.95. The number of nitrogens with zero attached hydrogens (tertiary/aromatic N) is 3. The summed E-state index contributed by atoms with van der Waals surface area (Å²) in [6, 6.07) is 9.63. The van der Waals surface area contributed by atoms with Gasteiger partial charge in [0.15, 0.2) is 0 Å². The van der Waals surface area contributed by atoms with Gasteiger partial charge in [0.25, 0.3) is 0 Å². The zero-order valence-corrected chi connectivity index (χ0v) is 17.7. The third-order valence-corrected chi connectivity index (χ3v) is 6.81. The molecule has 156 valence electrons. The fourth-order valence-corrected chi connectivity index (χ4v) is 5.16. The number of benzene rings is 1. The molecule has 4 heteroatoms. The highest BCUT2D eigenvalue weighted by Crippen LogP contribution is 2.23. The molecule has 0 radical (unpaired) electrons. The Morgan fingerprint density at radius 1 is 0.786 bits per heavy atom. The van der Waals surface area contributed by atoms with Crippen LogP contribution in [0.1, 0.15) is 56.9 Å². The van der Waals surface area contributed by atoms with Crippen molar-refractivity contribution in [3.05, 3.63) is 29.8 Å². The Bertz CT molecular complexity index is 564. The van der Waals surface area contributed by atoms with Gasteiger partial charge in [0.1, 0.15) is 5.75 Å². The monoisotopic (exact) mass is 385 g/mol. The third-order valence-electron chi connectivity index (χ3n) is 6.81. The van der Waals surface area contributed by atoms with Crippen LogP contribution in [0, 0.1) is 0 Å². The van der Waals surface area contributed by atoms with Crippen molar-refractivity contribution in [3.63, 3.8) is 0 Å². The van der Waals surface area contributed by atoms with E-state index in [9.17, 15) is 0 Å². The molecule has 3 aliphatic heterocycles. The molecule has 3 fully saturated rings. The second-order valence-electron chi connectivity index (χ2n) is 9.02. The highest BCUT2D eigenvalue weighted by atomic mass is 16.5. The normalized spacial score (nSPS) is 24.8. The number of ether oxygens (including phenoxy) is 1. The van der Waals surface area contributed by atoms with Crippen molar-refractivity contribution >= 4 is 0 Å². The van der Waals surface area contributed by atoms with Crippen molar-refractivity contribution in [1.29, 1.82) is 0 Å². The highest BCUT2D eigenvalue weighted by molar-refractivity contribution is 5.27. The van der Waals surface area contributed by atoms with E-state index in [1.165, 1.54) is 96.3 Å². The van der Waals surface area contributed by atoms with E-state index in [1.54, 1.807) is 0 Å². The molecular formula is C24H39N3O. The van der Waals surface area contributed by atoms with Gasteiger partial charge in [-0.3, -0.25) is 4.90 Å². The Morgan fingerprint density at radius 2 is 1.50 bits per heavy atom. The van der Waals surface area contributed by atoms with Gasteiger partial charge in [-0.2, -0.15) is 0 Å². The summed E-state index contributed by atoms with van der Waals surface area (Å²) in [6.45, 7) is 10.8. The second-order valence-corrected chi connectivity index (χ2v) is 9.02. The largest absolute Gasteiger partial charge is 0.494 e. The number of piperidine rings is 1. The summed E-state index contributed by atoms with van der Waals surface area (Å²) in [5, 5.41) is 0. The average molecular weight is 386 g/mol. The maximum Gasteiger partial charge on any atom is 0.119 e. The van der Waals surface area contributed by atoms with Crippen LogP contribution >= 0.6 is 0 Å². The molecule has 0 saturated carbocycles. The Morgan fingerprint density at radius 3 is 2.29 bits per heavy atom. The molecule has 0 aromatic heterocycles. The first-order chi connectivity index (χ1) is 13.9. The van der Waals surface area contributed by atoms with Gasteiger partial charge < -0.3 is 14.5 Å². The van der Waals surface area contributed by atoms with Crippen molar-refractivity contribution in [2.75, 3.05) is 52.4 Å². The van der Waals surface area contributed by atoms with Gasteiger partial charge in [0.05, 0.1) is 6.61 Å². The summed E-state index contributed by atoms with van der Waals surface area (Å²) in [5.41, 5.74) is 1.42. The van der Waals surface area contributed by atoms with E-state index in [0.29, 0.717) is 0 Å². The van der Waals surface area contributed by atoms with Crippen LogP contribution in [0.4, 0.5) is 0 Å². The first-order valence-corrected chi connectivity index (χ1v) is 11.8. The molecule has 28 heavy (non-hydrogen) atoms. The summed E-state index contributed by atoms with van der Waals surface area (Å²) in [4.78, 5) is 7.96. The second kappa shape index (κ2) is 10.6. The molecule has 1 atom stereocenters. The van der Waals surface area contributed by atoms with Gasteiger partial charge in [-0.1, -0.05) is 18.6 Å². The van der Waals surface area contributed by atoms with Crippen molar-refractivity contribution in [1.82, 2.24) is 14.7 Å². The molecule has 3 aliphatic rings. The van der Waals surface area contributed by atoms with E-state index in [-0.39, 0.29) is 0 Å². The lowest BCUT2D eigenvalue weighted by molar-refractivity contribution is 0.185. The van der Waals surface area contributed by atoms with Crippen LogP contribution in [0.25, 0.3) is 0 Å². The van der Waals surface area contributed by atoms with Crippen molar-refractivity contribution in [2.45, 2.75) is 64.0 Å². The van der Waals surface area contributed by atoms with Gasteiger partial charge >= 0.3 is 0 Å². The molecule has 3 saturated heterocycles. The molecule has 0 unspecified atom stereocenters. The minimum atomic E-state index is 0.754. The first kappa shape index (κ1) is 20.2. The maximum absolute atomic E-state index is 5.98. The zero-order valence-electron chi connectivity index (χ0n) is 17.7. The predicted molar refractivity (Wildman–Crippen MR) is 116 cm³/mol. The summed E-state index contributed by atoms with van der Waals surface area (Å²) < 4.78 is 5.98. The van der Waals surface area contributed by atoms with E-state index in [2.05, 4.69) is 39.0 Å². The molecule has 1 aromatic rings. The van der Waals surface area contributed by atoms with Crippen molar-refractivity contribution in [2.24, 2.45) is 0 Å². The van der Waals surface area contributed by atoms with Crippen LogP contribution in [0.2, 0.25) is 0 Å². The molecule has 4 rings (SSSR count). The predicted octanol–water partition coefficient (Wildman–Crippen LogP) is 4.00. The van der Waals surface area contributed by atoms with Crippen molar-refractivity contribution in [3.8, 4) is 5.75 Å². The molecule has 1 aromatic carbocycles. The lowest BCUT2D eigenvalue weighted by Gasteiger charge is -2.28. The Balaban J connectivity index is 1.17. The highest BCUT2D eigenvalue weighted by Gasteiger charge is 2.27. The summed E-state index contributed by atoms with van der Waals surface area (Å²) in [6.07, 6.45) is 10.8. The van der Waals surface area contributed by atoms with E-state index in [1.807, 2.05) is 0 Å². The Hall–Kier alpha value is -1.10. The van der Waals surface area contributed by atoms with Crippen LogP contribution in [0.5, 0.6) is 5.75 Å². The van der Waals surface area contributed by atoms with Gasteiger partial charge in [0.2, 0.25) is 0 Å². The smallest absolute Gasteiger partial charge is 0.119 e. The SMILES string of the molecule is c1cc(OCCCN2CCCCC2)ccc1CN1CCC[C@@H]1CN1CCCC1. The lowest BCUT2D eigenvalue weighted by Crippen LogP contribution is -2.38. The molecule has 0 bridgehead atoms. The zero-order chi connectivity index (χ0) is 19.0. The molecular weight excluding hydrogens is 346 g/mol. The van der Waals surface area contributed by atoms with Crippen LogP contribution in [-0.4, -0.2) is 73.2 Å². The van der Waals surface area contributed by atoms with E-state index >= 15 is 0 Å². The quantitative estimate of drug-likeness (QED) is 0.598. The number of hydrogen-bond acceptors (Lipinski definition) is 4. The maximum atomic E-state index is 5.98. The molecule has 0 aliphatic carbocycles. The molecule has 0 amide bonds. The Labute approximate surface area is 171 Å². The summed E-state index contributed by atoms with van der Waals surface area (Å²) in [5.74, 6) is 1.03. The first-order valence-electron chi connectivity index (χ1n) is 11.8. The van der Waals surface area contributed by atoms with Gasteiger partial charge in [-0.15, -0.1) is 0 Å². The van der Waals surface area contributed by atoms with E-state index < -0.39 is 0 Å². The standard InChI is InChI=1S/C24H39N3O/c1-2-13-25(14-3-1)17-7-19-28-24-11-9-22(10-12-24)20-27-18-6-8-23(27)21-26-15-4-5-16-26/h9-12,23H,1-8,13-21H2/t23-/m1/s1. The molecule has 3 heterocycles. The Kier molecular flexibility index (Phi) is 7.65.